The lowest BCUT2D eigenvalue weighted by Gasteiger charge is -2.17. The van der Waals surface area contributed by atoms with Gasteiger partial charge in [0.25, 0.3) is 0 Å². The third-order valence-electron chi connectivity index (χ3n) is 2.96. The molecule has 1 unspecified atom stereocenters. The summed E-state index contributed by atoms with van der Waals surface area (Å²) in [6.07, 6.45) is 2.80. The molecule has 0 aliphatic heterocycles. The number of phenols is 1. The van der Waals surface area contributed by atoms with Gasteiger partial charge >= 0.3 is 0 Å². The van der Waals surface area contributed by atoms with Crippen molar-refractivity contribution in [3.8, 4) is 5.75 Å². The van der Waals surface area contributed by atoms with Gasteiger partial charge in [-0.3, -0.25) is 4.98 Å². The Bertz CT molecular complexity index is 468. The van der Waals surface area contributed by atoms with E-state index in [4.69, 9.17) is 0 Å². The van der Waals surface area contributed by atoms with Crippen LogP contribution in [0.4, 0.5) is 0 Å². The van der Waals surface area contributed by atoms with Crippen molar-refractivity contribution >= 4 is 0 Å². The number of pyridine rings is 1. The van der Waals surface area contributed by atoms with Crippen molar-refractivity contribution in [2.45, 2.75) is 25.9 Å². The van der Waals surface area contributed by atoms with Crippen molar-refractivity contribution in [3.05, 3.63) is 59.9 Å². The summed E-state index contributed by atoms with van der Waals surface area (Å²) in [5, 5.41) is 12.8. The quantitative estimate of drug-likeness (QED) is 0.847. The fourth-order valence-corrected chi connectivity index (χ4v) is 1.93. The minimum Gasteiger partial charge on any atom is -0.508 e. The first kappa shape index (κ1) is 12.6. The molecule has 0 fully saturated rings. The van der Waals surface area contributed by atoms with Crippen LogP contribution in [0.2, 0.25) is 0 Å². The summed E-state index contributed by atoms with van der Waals surface area (Å²) in [6.45, 7) is 2.89. The molecule has 2 aromatic rings. The van der Waals surface area contributed by atoms with Crippen LogP contribution in [0.25, 0.3) is 0 Å². The molecule has 0 amide bonds. The number of aromatic nitrogens is 1. The van der Waals surface area contributed by atoms with Crippen molar-refractivity contribution < 1.29 is 5.11 Å². The predicted octanol–water partition coefficient (Wildman–Crippen LogP) is 3.03. The van der Waals surface area contributed by atoms with E-state index in [0.29, 0.717) is 5.75 Å². The zero-order valence-corrected chi connectivity index (χ0v) is 10.5. The Morgan fingerprint density at radius 2 is 1.94 bits per heavy atom. The molecule has 1 aromatic heterocycles. The molecule has 0 saturated heterocycles. The van der Waals surface area contributed by atoms with Crippen LogP contribution in [0.5, 0.6) is 5.75 Å². The van der Waals surface area contributed by atoms with E-state index in [2.05, 4.69) is 17.2 Å². The van der Waals surface area contributed by atoms with E-state index in [9.17, 15) is 5.11 Å². The topological polar surface area (TPSA) is 45.2 Å². The van der Waals surface area contributed by atoms with E-state index in [1.54, 1.807) is 18.3 Å². The molecule has 3 heteroatoms. The average Bonchev–Trinajstić information content (AvgIpc) is 2.42. The van der Waals surface area contributed by atoms with E-state index in [0.717, 1.165) is 18.7 Å². The summed E-state index contributed by atoms with van der Waals surface area (Å²) in [6, 6.07) is 13.6. The van der Waals surface area contributed by atoms with E-state index >= 15 is 0 Å². The molecule has 1 aromatic carbocycles. The number of nitrogens with one attached hydrogen (secondary N) is 1. The van der Waals surface area contributed by atoms with Gasteiger partial charge in [0.05, 0.1) is 5.69 Å². The van der Waals surface area contributed by atoms with Crippen LogP contribution < -0.4 is 5.32 Å². The van der Waals surface area contributed by atoms with Crippen LogP contribution in [0.3, 0.4) is 0 Å². The Morgan fingerprint density at radius 1 is 1.17 bits per heavy atom. The lowest BCUT2D eigenvalue weighted by Crippen LogP contribution is -2.20. The van der Waals surface area contributed by atoms with Crippen molar-refractivity contribution in [1.29, 1.82) is 0 Å². The van der Waals surface area contributed by atoms with Gasteiger partial charge in [0.1, 0.15) is 5.75 Å². The molecule has 1 atom stereocenters. The number of phenolic OH excluding ortho intramolecular Hbond substituents is 1. The van der Waals surface area contributed by atoms with Crippen molar-refractivity contribution in [2.75, 3.05) is 0 Å². The zero-order valence-electron chi connectivity index (χ0n) is 10.5. The Labute approximate surface area is 108 Å². The van der Waals surface area contributed by atoms with Gasteiger partial charge in [-0.15, -0.1) is 0 Å². The third-order valence-corrected chi connectivity index (χ3v) is 2.96. The highest BCUT2D eigenvalue weighted by molar-refractivity contribution is 5.28. The van der Waals surface area contributed by atoms with Crippen LogP contribution >= 0.6 is 0 Å². The van der Waals surface area contributed by atoms with E-state index in [1.165, 1.54) is 5.56 Å². The molecule has 0 aliphatic rings. The summed E-state index contributed by atoms with van der Waals surface area (Å²) < 4.78 is 0. The van der Waals surface area contributed by atoms with Crippen LogP contribution in [0, 0.1) is 0 Å². The van der Waals surface area contributed by atoms with E-state index in [-0.39, 0.29) is 6.04 Å². The number of benzene rings is 1. The largest absolute Gasteiger partial charge is 0.508 e. The molecule has 0 saturated carbocycles. The van der Waals surface area contributed by atoms with Crippen LogP contribution in [-0.2, 0) is 6.54 Å². The maximum Gasteiger partial charge on any atom is 0.115 e. The van der Waals surface area contributed by atoms with Crippen LogP contribution in [0.1, 0.15) is 30.6 Å². The molecule has 0 aliphatic carbocycles. The Morgan fingerprint density at radius 3 is 2.56 bits per heavy atom. The predicted molar refractivity (Wildman–Crippen MR) is 72.2 cm³/mol. The summed E-state index contributed by atoms with van der Waals surface area (Å²) in [7, 11) is 0. The molecule has 2 rings (SSSR count). The first-order valence-corrected chi connectivity index (χ1v) is 6.22. The van der Waals surface area contributed by atoms with Gasteiger partial charge in [-0.05, 0) is 36.2 Å². The van der Waals surface area contributed by atoms with Gasteiger partial charge in [0.2, 0.25) is 0 Å². The second-order valence-electron chi connectivity index (χ2n) is 4.25. The molecule has 94 valence electrons. The summed E-state index contributed by atoms with van der Waals surface area (Å²) >= 11 is 0. The Balaban J connectivity index is 1.99. The summed E-state index contributed by atoms with van der Waals surface area (Å²) in [5.74, 6) is 0.304. The minimum atomic E-state index is 0.285. The fourth-order valence-electron chi connectivity index (χ4n) is 1.93. The summed E-state index contributed by atoms with van der Waals surface area (Å²) in [4.78, 5) is 4.29. The average molecular weight is 242 g/mol. The maximum atomic E-state index is 9.29. The van der Waals surface area contributed by atoms with Gasteiger partial charge in [-0.1, -0.05) is 25.1 Å². The first-order chi connectivity index (χ1) is 8.79. The molecule has 0 spiro atoms. The SMILES string of the molecule is CCC(NCc1ccccn1)c1ccc(O)cc1. The molecule has 0 bridgehead atoms. The van der Waals surface area contributed by atoms with Gasteiger partial charge in [0.15, 0.2) is 0 Å². The van der Waals surface area contributed by atoms with Gasteiger partial charge < -0.3 is 10.4 Å². The Hall–Kier alpha value is -1.87. The standard InChI is InChI=1S/C15H18N2O/c1-2-15(12-6-8-14(18)9-7-12)17-11-13-5-3-4-10-16-13/h3-10,15,17-18H,2,11H2,1H3. The molecule has 2 N–H and O–H groups in total. The highest BCUT2D eigenvalue weighted by atomic mass is 16.3. The number of hydrogen-bond donors (Lipinski definition) is 2. The zero-order chi connectivity index (χ0) is 12.8. The van der Waals surface area contributed by atoms with Crippen LogP contribution in [-0.4, -0.2) is 10.1 Å². The molecular weight excluding hydrogens is 224 g/mol. The van der Waals surface area contributed by atoms with Crippen molar-refractivity contribution in [2.24, 2.45) is 0 Å². The van der Waals surface area contributed by atoms with E-state index in [1.807, 2.05) is 30.3 Å². The molecule has 1 heterocycles. The first-order valence-electron chi connectivity index (χ1n) is 6.22. The number of nitrogens with zero attached hydrogens (tertiary/aromatic N) is 1. The molecular formula is C15H18N2O. The fraction of sp³-hybridized carbons (Fsp3) is 0.267. The lowest BCUT2D eigenvalue weighted by molar-refractivity contribution is 0.473. The smallest absolute Gasteiger partial charge is 0.115 e. The number of aromatic hydroxyl groups is 1. The number of hydrogen-bond acceptors (Lipinski definition) is 3. The van der Waals surface area contributed by atoms with Crippen molar-refractivity contribution in [3.63, 3.8) is 0 Å². The summed E-state index contributed by atoms with van der Waals surface area (Å²) in [5.41, 5.74) is 2.22. The maximum absolute atomic E-state index is 9.29. The van der Waals surface area contributed by atoms with Crippen molar-refractivity contribution in [1.82, 2.24) is 10.3 Å². The molecule has 0 radical (unpaired) electrons. The van der Waals surface area contributed by atoms with Crippen LogP contribution in [0.15, 0.2) is 48.7 Å². The third kappa shape index (κ3) is 3.31. The second-order valence-corrected chi connectivity index (χ2v) is 4.25. The Kier molecular flexibility index (Phi) is 4.31. The normalized spacial score (nSPS) is 12.3. The minimum absolute atomic E-state index is 0.285. The monoisotopic (exact) mass is 242 g/mol. The van der Waals surface area contributed by atoms with Gasteiger partial charge in [0, 0.05) is 18.8 Å². The second kappa shape index (κ2) is 6.17. The highest BCUT2D eigenvalue weighted by Crippen LogP contribution is 2.19. The lowest BCUT2D eigenvalue weighted by atomic mass is 10.0. The van der Waals surface area contributed by atoms with E-state index < -0.39 is 0 Å². The highest BCUT2D eigenvalue weighted by Gasteiger charge is 2.08. The van der Waals surface area contributed by atoms with Gasteiger partial charge in [-0.25, -0.2) is 0 Å². The number of rotatable bonds is 5. The molecule has 18 heavy (non-hydrogen) atoms. The molecule has 3 nitrogen and oxygen atoms in total. The van der Waals surface area contributed by atoms with Gasteiger partial charge in [-0.2, -0.15) is 0 Å².